The number of hydrogen-bond donors (Lipinski definition) is 3. The number of hydrogen-bond acceptors (Lipinski definition) is 3. The Bertz CT molecular complexity index is 1420. The van der Waals surface area contributed by atoms with Crippen molar-refractivity contribution in [1.82, 2.24) is 14.9 Å². The summed E-state index contributed by atoms with van der Waals surface area (Å²) in [5.74, 6) is -0.397. The minimum Gasteiger partial charge on any atom is -0.392 e. The Morgan fingerprint density at radius 3 is 2.78 bits per heavy atom. The maximum absolute atomic E-state index is 14.9. The van der Waals surface area contributed by atoms with Gasteiger partial charge >= 0.3 is 0 Å². The second-order valence-corrected chi connectivity index (χ2v) is 8.07. The fourth-order valence-electron chi connectivity index (χ4n) is 4.24. The van der Waals surface area contributed by atoms with E-state index < -0.39 is 11.4 Å². The fourth-order valence-corrected chi connectivity index (χ4v) is 4.24. The van der Waals surface area contributed by atoms with E-state index in [0.717, 1.165) is 18.4 Å². The van der Waals surface area contributed by atoms with Gasteiger partial charge in [0, 0.05) is 30.6 Å². The van der Waals surface area contributed by atoms with Crippen LogP contribution in [-0.2, 0) is 6.61 Å². The topological polar surface area (TPSA) is 87.1 Å². The predicted molar refractivity (Wildman–Crippen MR) is 121 cm³/mol. The van der Waals surface area contributed by atoms with Gasteiger partial charge in [0.15, 0.2) is 0 Å². The SMILES string of the molecule is CNC(=O)c1cc(-c2cccc(-n3ccc4cc(C5CC5)cc(F)c4c3=O)c2CO)c[nH]1. The van der Waals surface area contributed by atoms with Crippen LogP contribution in [0.15, 0.2) is 59.7 Å². The van der Waals surface area contributed by atoms with Crippen molar-refractivity contribution in [1.29, 1.82) is 0 Å². The zero-order valence-electron chi connectivity index (χ0n) is 17.5. The molecule has 0 saturated heterocycles. The highest BCUT2D eigenvalue weighted by atomic mass is 19.1. The van der Waals surface area contributed by atoms with Gasteiger partial charge in [0.2, 0.25) is 0 Å². The van der Waals surface area contributed by atoms with E-state index in [1.165, 1.54) is 10.6 Å². The molecule has 32 heavy (non-hydrogen) atoms. The van der Waals surface area contributed by atoms with E-state index in [9.17, 15) is 19.1 Å². The maximum Gasteiger partial charge on any atom is 0.267 e. The molecule has 3 N–H and O–H groups in total. The third-order valence-electron chi connectivity index (χ3n) is 6.06. The Hall–Kier alpha value is -3.71. The number of rotatable bonds is 5. The molecule has 1 aliphatic carbocycles. The average molecular weight is 431 g/mol. The lowest BCUT2D eigenvalue weighted by Gasteiger charge is -2.15. The van der Waals surface area contributed by atoms with Gasteiger partial charge in [-0.1, -0.05) is 18.2 Å². The molecule has 0 bridgehead atoms. The molecular formula is C25H22FN3O3. The number of aromatic amines is 1. The number of H-pyrrole nitrogens is 1. The van der Waals surface area contributed by atoms with Crippen LogP contribution in [0.5, 0.6) is 0 Å². The summed E-state index contributed by atoms with van der Waals surface area (Å²) >= 11 is 0. The van der Waals surface area contributed by atoms with Gasteiger partial charge in [0.05, 0.1) is 17.7 Å². The summed E-state index contributed by atoms with van der Waals surface area (Å²) < 4.78 is 16.3. The molecular weight excluding hydrogens is 409 g/mol. The maximum atomic E-state index is 14.9. The van der Waals surface area contributed by atoms with Crippen LogP contribution < -0.4 is 10.9 Å². The Balaban J connectivity index is 1.66. The van der Waals surface area contributed by atoms with Crippen LogP contribution in [0.3, 0.4) is 0 Å². The first kappa shape index (κ1) is 20.2. The van der Waals surface area contributed by atoms with Crippen molar-refractivity contribution in [2.24, 2.45) is 0 Å². The van der Waals surface area contributed by atoms with Crippen molar-refractivity contribution in [3.63, 3.8) is 0 Å². The number of aliphatic hydroxyl groups excluding tert-OH is 1. The predicted octanol–water partition coefficient (Wildman–Crippen LogP) is 3.85. The number of amides is 1. The standard InChI is InChI=1S/C25H22FN3O3/c1-27-24(31)21-11-17(12-28-21)18-3-2-4-22(19(18)13-30)29-8-7-15-9-16(14-5-6-14)10-20(26)23(15)25(29)32/h2-4,7-12,14,28,30H,5-6,13H2,1H3,(H,27,31). The van der Waals surface area contributed by atoms with Crippen LogP contribution in [0, 0.1) is 5.82 Å². The lowest BCUT2D eigenvalue weighted by atomic mass is 9.99. The average Bonchev–Trinajstić information content (AvgIpc) is 3.54. The van der Waals surface area contributed by atoms with Crippen LogP contribution in [0.25, 0.3) is 27.6 Å². The van der Waals surface area contributed by atoms with Crippen molar-refractivity contribution in [3.05, 3.63) is 87.9 Å². The first-order valence-electron chi connectivity index (χ1n) is 10.5. The Labute approximate surface area is 183 Å². The quantitative estimate of drug-likeness (QED) is 0.449. The summed E-state index contributed by atoms with van der Waals surface area (Å²) in [5, 5.41) is 13.3. The molecule has 5 rings (SSSR count). The summed E-state index contributed by atoms with van der Waals surface area (Å²) in [6, 6.07) is 12.1. The van der Waals surface area contributed by atoms with Gasteiger partial charge in [-0.15, -0.1) is 0 Å². The van der Waals surface area contributed by atoms with Gasteiger partial charge in [-0.25, -0.2) is 4.39 Å². The van der Waals surface area contributed by atoms with Gasteiger partial charge in [-0.05, 0) is 59.5 Å². The molecule has 0 spiro atoms. The van der Waals surface area contributed by atoms with Gasteiger partial charge in [0.25, 0.3) is 11.5 Å². The molecule has 0 aliphatic heterocycles. The second-order valence-electron chi connectivity index (χ2n) is 8.07. The molecule has 7 heteroatoms. The molecule has 1 saturated carbocycles. The molecule has 162 valence electrons. The number of benzene rings is 2. The zero-order valence-corrected chi connectivity index (χ0v) is 17.5. The van der Waals surface area contributed by atoms with Crippen molar-refractivity contribution in [3.8, 4) is 16.8 Å². The first-order valence-corrected chi connectivity index (χ1v) is 10.5. The third-order valence-corrected chi connectivity index (χ3v) is 6.06. The van der Waals surface area contributed by atoms with Crippen LogP contribution in [-0.4, -0.2) is 27.6 Å². The summed E-state index contributed by atoms with van der Waals surface area (Å²) in [5.41, 5.74) is 3.18. The summed E-state index contributed by atoms with van der Waals surface area (Å²) in [4.78, 5) is 28.1. The number of fused-ring (bicyclic) bond motifs is 1. The van der Waals surface area contributed by atoms with Gasteiger partial charge in [-0.2, -0.15) is 0 Å². The molecule has 1 aliphatic rings. The normalized spacial score (nSPS) is 13.5. The highest BCUT2D eigenvalue weighted by Gasteiger charge is 2.25. The number of nitrogens with zero attached hydrogens (tertiary/aromatic N) is 1. The molecule has 2 aromatic heterocycles. The van der Waals surface area contributed by atoms with E-state index >= 15 is 0 Å². The molecule has 6 nitrogen and oxygen atoms in total. The lowest BCUT2D eigenvalue weighted by Crippen LogP contribution is -2.20. The van der Waals surface area contributed by atoms with Crippen molar-refractivity contribution < 1.29 is 14.3 Å². The minimum atomic E-state index is -0.522. The van der Waals surface area contributed by atoms with E-state index in [1.54, 1.807) is 49.8 Å². The molecule has 0 unspecified atom stereocenters. The van der Waals surface area contributed by atoms with Crippen molar-refractivity contribution in [2.45, 2.75) is 25.4 Å². The number of aromatic nitrogens is 2. The van der Waals surface area contributed by atoms with E-state index in [4.69, 9.17) is 0 Å². The zero-order chi connectivity index (χ0) is 22.4. The Morgan fingerprint density at radius 1 is 1.25 bits per heavy atom. The van der Waals surface area contributed by atoms with Gasteiger partial charge in [0.1, 0.15) is 11.5 Å². The fraction of sp³-hybridized carbons (Fsp3) is 0.200. The molecule has 4 aromatic rings. The molecule has 2 aromatic carbocycles. The first-order chi connectivity index (χ1) is 15.5. The molecule has 1 amide bonds. The van der Waals surface area contributed by atoms with E-state index in [2.05, 4.69) is 10.3 Å². The van der Waals surface area contributed by atoms with Crippen molar-refractivity contribution >= 4 is 16.7 Å². The molecule has 2 heterocycles. The van der Waals surface area contributed by atoms with Crippen LogP contribution in [0.2, 0.25) is 0 Å². The third kappa shape index (κ3) is 3.31. The lowest BCUT2D eigenvalue weighted by molar-refractivity contribution is 0.0959. The Kier molecular flexibility index (Phi) is 4.90. The smallest absolute Gasteiger partial charge is 0.267 e. The minimum absolute atomic E-state index is 0.0368. The monoisotopic (exact) mass is 431 g/mol. The van der Waals surface area contributed by atoms with Crippen LogP contribution in [0.1, 0.15) is 40.4 Å². The van der Waals surface area contributed by atoms with Crippen LogP contribution >= 0.6 is 0 Å². The highest BCUT2D eigenvalue weighted by molar-refractivity contribution is 5.94. The number of carbonyl (C=O) groups is 1. The van der Waals surface area contributed by atoms with E-state index in [-0.39, 0.29) is 17.9 Å². The Morgan fingerprint density at radius 2 is 2.06 bits per heavy atom. The number of halogens is 1. The summed E-state index contributed by atoms with van der Waals surface area (Å²) in [7, 11) is 1.54. The second kappa shape index (κ2) is 7.76. The molecule has 0 atom stereocenters. The highest BCUT2D eigenvalue weighted by Crippen LogP contribution is 2.41. The van der Waals surface area contributed by atoms with Gasteiger partial charge < -0.3 is 15.4 Å². The number of pyridine rings is 1. The largest absolute Gasteiger partial charge is 0.392 e. The summed E-state index contributed by atoms with van der Waals surface area (Å²) in [6.45, 7) is -0.334. The van der Waals surface area contributed by atoms with E-state index in [0.29, 0.717) is 39.4 Å². The number of carbonyl (C=O) groups excluding carboxylic acids is 1. The van der Waals surface area contributed by atoms with Crippen LogP contribution in [0.4, 0.5) is 4.39 Å². The number of aliphatic hydroxyl groups is 1. The summed E-state index contributed by atoms with van der Waals surface area (Å²) in [6.07, 6.45) is 5.39. The van der Waals surface area contributed by atoms with E-state index in [1.807, 2.05) is 6.07 Å². The van der Waals surface area contributed by atoms with Crippen molar-refractivity contribution in [2.75, 3.05) is 7.05 Å². The number of nitrogens with one attached hydrogen (secondary N) is 2. The molecule has 0 radical (unpaired) electrons. The molecule has 1 fully saturated rings. The van der Waals surface area contributed by atoms with Gasteiger partial charge in [-0.3, -0.25) is 14.2 Å².